The summed E-state index contributed by atoms with van der Waals surface area (Å²) in [5.41, 5.74) is 15.7. The molecule has 64 valence electrons. The molecule has 6 N–H and O–H groups in total. The van der Waals surface area contributed by atoms with Gasteiger partial charge in [-0.2, -0.15) is 0 Å². The maximum atomic E-state index is 10.7. The summed E-state index contributed by atoms with van der Waals surface area (Å²) in [7, 11) is 0. The van der Waals surface area contributed by atoms with Gasteiger partial charge in [0.1, 0.15) is 6.61 Å². The Morgan fingerprint density at radius 2 is 2.00 bits per heavy atom. The number of carbonyl (C=O) groups is 1. The van der Waals surface area contributed by atoms with Crippen molar-refractivity contribution in [3.8, 4) is 0 Å². The molecule has 0 saturated heterocycles. The molecule has 0 amide bonds. The summed E-state index contributed by atoms with van der Waals surface area (Å²) >= 11 is 0. The predicted octanol–water partition coefficient (Wildman–Crippen LogP) is -1.36. The van der Waals surface area contributed by atoms with Gasteiger partial charge in [-0.1, -0.05) is 6.58 Å². The van der Waals surface area contributed by atoms with Crippen LogP contribution in [0.4, 0.5) is 0 Å². The third-order valence-corrected chi connectivity index (χ3v) is 0.802. The van der Waals surface area contributed by atoms with Crippen LogP contribution >= 0.6 is 0 Å². The predicted molar refractivity (Wildman–Crippen MR) is 41.1 cm³/mol. The maximum absolute atomic E-state index is 10.7. The molecule has 0 saturated carbocycles. The summed E-state index contributed by atoms with van der Waals surface area (Å²) in [6, 6.07) is 0. The Hall–Kier alpha value is -0.910. The Kier molecular flexibility index (Phi) is 3.18. The van der Waals surface area contributed by atoms with Crippen LogP contribution in [0, 0.1) is 0 Å². The second-order valence-electron chi connectivity index (χ2n) is 2.47. The Morgan fingerprint density at radius 1 is 1.55 bits per heavy atom. The average Bonchev–Trinajstić information content (AvgIpc) is 1.80. The topological polar surface area (TPSA) is 104 Å². The van der Waals surface area contributed by atoms with Crippen molar-refractivity contribution in [2.24, 2.45) is 17.2 Å². The molecule has 0 aromatic rings. The molecule has 0 bridgehead atoms. The van der Waals surface area contributed by atoms with Gasteiger partial charge in [0, 0.05) is 5.57 Å². The summed E-state index contributed by atoms with van der Waals surface area (Å²) < 4.78 is 4.55. The van der Waals surface area contributed by atoms with E-state index in [4.69, 9.17) is 17.2 Å². The lowest BCUT2D eigenvalue weighted by Crippen LogP contribution is -2.61. The van der Waals surface area contributed by atoms with Gasteiger partial charge in [0.25, 0.3) is 0 Å². The van der Waals surface area contributed by atoms with Crippen molar-refractivity contribution in [3.05, 3.63) is 12.2 Å². The van der Waals surface area contributed by atoms with E-state index >= 15 is 0 Å². The Labute approximate surface area is 65.2 Å². The third-order valence-electron chi connectivity index (χ3n) is 0.802. The number of hydrogen-bond acceptors (Lipinski definition) is 5. The van der Waals surface area contributed by atoms with Gasteiger partial charge in [0.15, 0.2) is 5.79 Å². The minimum Gasteiger partial charge on any atom is -0.457 e. The van der Waals surface area contributed by atoms with E-state index in [1.165, 1.54) is 6.92 Å². The van der Waals surface area contributed by atoms with Crippen molar-refractivity contribution < 1.29 is 9.53 Å². The monoisotopic (exact) mass is 159 g/mol. The van der Waals surface area contributed by atoms with Gasteiger partial charge in [0.05, 0.1) is 0 Å². The highest BCUT2D eigenvalue weighted by Gasteiger charge is 2.14. The van der Waals surface area contributed by atoms with Crippen molar-refractivity contribution in [1.29, 1.82) is 0 Å². The fraction of sp³-hybridized carbons (Fsp3) is 0.500. The molecule has 0 aromatic carbocycles. The van der Waals surface area contributed by atoms with Crippen molar-refractivity contribution in [2.45, 2.75) is 12.7 Å². The van der Waals surface area contributed by atoms with E-state index in [1.807, 2.05) is 0 Å². The molecule has 0 unspecified atom stereocenters. The molecule has 0 radical (unpaired) electrons. The van der Waals surface area contributed by atoms with Crippen molar-refractivity contribution >= 4 is 5.97 Å². The second-order valence-corrected chi connectivity index (χ2v) is 2.47. The molecular weight excluding hydrogens is 146 g/mol. The minimum atomic E-state index is -1.47. The number of hydrogen-bond donors (Lipinski definition) is 3. The van der Waals surface area contributed by atoms with Gasteiger partial charge >= 0.3 is 5.97 Å². The van der Waals surface area contributed by atoms with Crippen LogP contribution in [0.15, 0.2) is 12.2 Å². The minimum absolute atomic E-state index is 0.224. The normalized spacial score (nSPS) is 10.9. The SMILES string of the molecule is C=C(C)C(=O)OCC(N)(N)N. The number of rotatable bonds is 3. The van der Waals surface area contributed by atoms with Crippen LogP contribution in [-0.2, 0) is 9.53 Å². The van der Waals surface area contributed by atoms with Crippen molar-refractivity contribution in [2.75, 3.05) is 6.61 Å². The summed E-state index contributed by atoms with van der Waals surface area (Å²) in [6.45, 7) is 4.66. The standard InChI is InChI=1S/C6H13N3O2/c1-4(2)5(10)11-3-6(7,8)9/h1,3,7-9H2,2H3. The second kappa shape index (κ2) is 3.47. The molecule has 0 rings (SSSR count). The van der Waals surface area contributed by atoms with E-state index in [2.05, 4.69) is 11.3 Å². The quantitative estimate of drug-likeness (QED) is 0.268. The van der Waals surface area contributed by atoms with Gasteiger partial charge < -0.3 is 4.74 Å². The van der Waals surface area contributed by atoms with Crippen molar-refractivity contribution in [1.82, 2.24) is 0 Å². The highest BCUT2D eigenvalue weighted by molar-refractivity contribution is 5.86. The fourth-order valence-electron chi connectivity index (χ4n) is 0.314. The number of ether oxygens (including phenoxy) is 1. The van der Waals surface area contributed by atoms with E-state index in [0.29, 0.717) is 0 Å². The molecule has 0 atom stereocenters. The molecular formula is C6H13N3O2. The largest absolute Gasteiger partial charge is 0.457 e. The van der Waals surface area contributed by atoms with Crippen LogP contribution in [0.25, 0.3) is 0 Å². The van der Waals surface area contributed by atoms with E-state index in [1.54, 1.807) is 0 Å². The van der Waals surface area contributed by atoms with E-state index in [0.717, 1.165) is 0 Å². The van der Waals surface area contributed by atoms with E-state index < -0.39 is 11.8 Å². The van der Waals surface area contributed by atoms with Gasteiger partial charge in [-0.05, 0) is 6.92 Å². The Morgan fingerprint density at radius 3 is 2.27 bits per heavy atom. The molecule has 0 heterocycles. The van der Waals surface area contributed by atoms with E-state index in [-0.39, 0.29) is 12.2 Å². The van der Waals surface area contributed by atoms with Gasteiger partial charge in [0.2, 0.25) is 0 Å². The molecule has 0 fully saturated rings. The van der Waals surface area contributed by atoms with Gasteiger partial charge in [-0.25, -0.2) is 4.79 Å². The summed E-state index contributed by atoms with van der Waals surface area (Å²) in [5, 5.41) is 0. The first-order valence-corrected chi connectivity index (χ1v) is 3.02. The van der Waals surface area contributed by atoms with Gasteiger partial charge in [-0.15, -0.1) is 0 Å². The molecule has 0 aromatic heterocycles. The molecule has 5 nitrogen and oxygen atoms in total. The highest BCUT2D eigenvalue weighted by Crippen LogP contribution is 1.92. The Bertz CT molecular complexity index is 171. The van der Waals surface area contributed by atoms with Crippen LogP contribution in [0.1, 0.15) is 6.92 Å². The molecule has 11 heavy (non-hydrogen) atoms. The third kappa shape index (κ3) is 5.53. The number of carbonyl (C=O) groups excluding carboxylic acids is 1. The number of nitrogens with two attached hydrogens (primary N) is 3. The van der Waals surface area contributed by atoms with Crippen LogP contribution < -0.4 is 17.2 Å². The lowest BCUT2D eigenvalue weighted by atomic mass is 10.3. The zero-order valence-electron chi connectivity index (χ0n) is 6.46. The summed E-state index contributed by atoms with van der Waals surface area (Å²) in [4.78, 5) is 10.7. The number of esters is 1. The summed E-state index contributed by atoms with van der Waals surface area (Å²) in [6.07, 6.45) is 0. The first-order chi connectivity index (χ1) is 4.83. The van der Waals surface area contributed by atoms with Crippen LogP contribution in [0.3, 0.4) is 0 Å². The molecule has 0 spiro atoms. The molecule has 0 aliphatic carbocycles. The van der Waals surface area contributed by atoms with Crippen LogP contribution in [-0.4, -0.2) is 18.4 Å². The Balaban J connectivity index is 3.73. The molecule has 5 heteroatoms. The first kappa shape index (κ1) is 10.1. The lowest BCUT2D eigenvalue weighted by molar-refractivity contribution is -0.140. The summed E-state index contributed by atoms with van der Waals surface area (Å²) in [5.74, 6) is -2.01. The van der Waals surface area contributed by atoms with Gasteiger partial charge in [-0.3, -0.25) is 17.2 Å². The zero-order chi connectivity index (χ0) is 9.07. The molecule has 0 aliphatic rings. The first-order valence-electron chi connectivity index (χ1n) is 3.02. The van der Waals surface area contributed by atoms with Crippen LogP contribution in [0.5, 0.6) is 0 Å². The van der Waals surface area contributed by atoms with Crippen LogP contribution in [0.2, 0.25) is 0 Å². The lowest BCUT2D eigenvalue weighted by Gasteiger charge is -2.17. The van der Waals surface area contributed by atoms with Crippen molar-refractivity contribution in [3.63, 3.8) is 0 Å². The smallest absolute Gasteiger partial charge is 0.333 e. The maximum Gasteiger partial charge on any atom is 0.333 e. The fourth-order valence-corrected chi connectivity index (χ4v) is 0.314. The van der Waals surface area contributed by atoms with E-state index in [9.17, 15) is 4.79 Å². The average molecular weight is 159 g/mol. The zero-order valence-corrected chi connectivity index (χ0v) is 6.46. The molecule has 0 aliphatic heterocycles. The highest BCUT2D eigenvalue weighted by atomic mass is 16.5.